The Morgan fingerprint density at radius 2 is 0.895 bits per heavy atom. The van der Waals surface area contributed by atoms with Gasteiger partial charge in [-0.1, -0.05) is 64.7 Å². The van der Waals surface area contributed by atoms with Crippen LogP contribution in [0.5, 0.6) is 5.75 Å². The standard InChI is InChI=1S/C28H46F4O6/c1-3-4-5-6-7-8-9-10-11-12-13-38-28-26(31)24(29)23(25(30)27(28)32)22-37-21-20-36-19-18-35-17-16-34-15-14-33-2/h3-22H2,1-2H3. The molecule has 0 aromatic heterocycles. The molecule has 38 heavy (non-hydrogen) atoms. The van der Waals surface area contributed by atoms with Crippen LogP contribution < -0.4 is 4.74 Å². The Balaban J connectivity index is 2.22. The van der Waals surface area contributed by atoms with E-state index in [1.54, 1.807) is 7.11 Å². The van der Waals surface area contributed by atoms with Crippen LogP contribution in [-0.2, 0) is 30.3 Å². The Bertz CT molecular complexity index is 694. The zero-order valence-corrected chi connectivity index (χ0v) is 23.1. The molecule has 0 saturated carbocycles. The highest BCUT2D eigenvalue weighted by Gasteiger charge is 2.26. The molecular formula is C28H46F4O6. The Morgan fingerprint density at radius 1 is 0.474 bits per heavy atom. The van der Waals surface area contributed by atoms with Gasteiger partial charge in [0.2, 0.25) is 11.6 Å². The summed E-state index contributed by atoms with van der Waals surface area (Å²) in [5, 5.41) is 0. The van der Waals surface area contributed by atoms with Crippen LogP contribution in [0, 0.1) is 23.3 Å². The third-order valence-corrected chi connectivity index (χ3v) is 5.85. The lowest BCUT2D eigenvalue weighted by Crippen LogP contribution is -2.14. The van der Waals surface area contributed by atoms with Gasteiger partial charge in [0.1, 0.15) is 0 Å². The molecule has 0 amide bonds. The molecule has 0 aliphatic carbocycles. The number of halogens is 4. The molecule has 0 saturated heterocycles. The van der Waals surface area contributed by atoms with Gasteiger partial charge < -0.3 is 28.4 Å². The molecule has 0 radical (unpaired) electrons. The van der Waals surface area contributed by atoms with Gasteiger partial charge in [-0.25, -0.2) is 8.78 Å². The fourth-order valence-electron chi connectivity index (χ4n) is 3.65. The maximum atomic E-state index is 14.4. The summed E-state index contributed by atoms with van der Waals surface area (Å²) in [6.07, 6.45) is 10.9. The van der Waals surface area contributed by atoms with Crippen molar-refractivity contribution in [2.75, 3.05) is 66.6 Å². The van der Waals surface area contributed by atoms with Crippen LogP contribution in [0.25, 0.3) is 0 Å². The maximum Gasteiger partial charge on any atom is 0.204 e. The lowest BCUT2D eigenvalue weighted by atomic mass is 10.1. The van der Waals surface area contributed by atoms with Gasteiger partial charge in [-0.3, -0.25) is 0 Å². The second-order valence-electron chi connectivity index (χ2n) is 8.98. The van der Waals surface area contributed by atoms with E-state index in [0.29, 0.717) is 46.1 Å². The molecule has 0 aliphatic rings. The molecule has 0 aliphatic heterocycles. The van der Waals surface area contributed by atoms with E-state index in [-0.39, 0.29) is 19.8 Å². The van der Waals surface area contributed by atoms with E-state index in [9.17, 15) is 17.6 Å². The highest BCUT2D eigenvalue weighted by Crippen LogP contribution is 2.30. The summed E-state index contributed by atoms with van der Waals surface area (Å²) in [5.74, 6) is -7.14. The van der Waals surface area contributed by atoms with Gasteiger partial charge in [-0.15, -0.1) is 0 Å². The van der Waals surface area contributed by atoms with Crippen LogP contribution in [-0.4, -0.2) is 66.6 Å². The van der Waals surface area contributed by atoms with E-state index >= 15 is 0 Å². The predicted octanol–water partition coefficient (Wildman–Crippen LogP) is 6.76. The normalized spacial score (nSPS) is 11.4. The zero-order chi connectivity index (χ0) is 27.8. The molecule has 0 atom stereocenters. The molecule has 0 unspecified atom stereocenters. The second kappa shape index (κ2) is 23.4. The van der Waals surface area contributed by atoms with Crippen LogP contribution in [0.4, 0.5) is 17.6 Å². The minimum atomic E-state index is -1.55. The highest BCUT2D eigenvalue weighted by atomic mass is 19.2. The zero-order valence-electron chi connectivity index (χ0n) is 23.1. The summed E-state index contributed by atoms with van der Waals surface area (Å²) in [4.78, 5) is 0. The molecule has 0 fully saturated rings. The van der Waals surface area contributed by atoms with Gasteiger partial charge in [0.05, 0.1) is 71.6 Å². The van der Waals surface area contributed by atoms with Crippen molar-refractivity contribution in [3.63, 3.8) is 0 Å². The third kappa shape index (κ3) is 15.2. The first-order valence-corrected chi connectivity index (χ1v) is 13.8. The number of hydrogen-bond acceptors (Lipinski definition) is 6. The number of methoxy groups -OCH3 is 1. The van der Waals surface area contributed by atoms with Crippen molar-refractivity contribution >= 4 is 0 Å². The summed E-state index contributed by atoms with van der Waals surface area (Å²) in [6.45, 7) is 4.16. The van der Waals surface area contributed by atoms with E-state index in [1.807, 2.05) is 0 Å². The summed E-state index contributed by atoms with van der Waals surface area (Å²) in [7, 11) is 1.59. The molecule has 222 valence electrons. The van der Waals surface area contributed by atoms with Crippen molar-refractivity contribution in [3.05, 3.63) is 28.8 Å². The topological polar surface area (TPSA) is 55.4 Å². The van der Waals surface area contributed by atoms with Crippen LogP contribution in [0.3, 0.4) is 0 Å². The van der Waals surface area contributed by atoms with Crippen molar-refractivity contribution in [1.82, 2.24) is 0 Å². The minimum absolute atomic E-state index is 0.0129. The quantitative estimate of drug-likeness (QED) is 0.0717. The molecule has 10 heteroatoms. The SMILES string of the molecule is CCCCCCCCCCCCOc1c(F)c(F)c(COCCOCCOCCOCCOC)c(F)c1F. The summed E-state index contributed by atoms with van der Waals surface area (Å²) >= 11 is 0. The maximum absolute atomic E-state index is 14.4. The average Bonchev–Trinajstić information content (AvgIpc) is 2.92. The molecule has 0 N–H and O–H groups in total. The first kappa shape index (κ1) is 34.6. The molecule has 0 bridgehead atoms. The van der Waals surface area contributed by atoms with Crippen LogP contribution in [0.1, 0.15) is 76.7 Å². The van der Waals surface area contributed by atoms with E-state index in [1.165, 1.54) is 38.5 Å². The highest BCUT2D eigenvalue weighted by molar-refractivity contribution is 5.34. The van der Waals surface area contributed by atoms with Gasteiger partial charge in [-0.2, -0.15) is 8.78 Å². The van der Waals surface area contributed by atoms with Crippen molar-refractivity contribution in [1.29, 1.82) is 0 Å². The Hall–Kier alpha value is -1.46. The largest absolute Gasteiger partial charge is 0.487 e. The first-order valence-electron chi connectivity index (χ1n) is 13.8. The molecule has 1 rings (SSSR count). The number of rotatable bonds is 26. The molecule has 6 nitrogen and oxygen atoms in total. The van der Waals surface area contributed by atoms with Gasteiger partial charge in [0.25, 0.3) is 0 Å². The fraction of sp³-hybridized carbons (Fsp3) is 0.786. The van der Waals surface area contributed by atoms with Gasteiger partial charge in [0, 0.05) is 7.11 Å². The number of ether oxygens (including phenoxy) is 6. The van der Waals surface area contributed by atoms with Crippen molar-refractivity contribution in [2.24, 2.45) is 0 Å². The Kier molecular flexibility index (Phi) is 21.3. The lowest BCUT2D eigenvalue weighted by Gasteiger charge is -2.13. The van der Waals surface area contributed by atoms with Gasteiger partial charge >= 0.3 is 0 Å². The van der Waals surface area contributed by atoms with Crippen LogP contribution in [0.2, 0.25) is 0 Å². The molecule has 1 aromatic carbocycles. The predicted molar refractivity (Wildman–Crippen MR) is 138 cm³/mol. The number of benzene rings is 1. The monoisotopic (exact) mass is 554 g/mol. The number of unbranched alkanes of at least 4 members (excludes halogenated alkanes) is 9. The summed E-state index contributed by atoms with van der Waals surface area (Å²) < 4.78 is 88.3. The second-order valence-corrected chi connectivity index (χ2v) is 8.98. The van der Waals surface area contributed by atoms with E-state index < -0.39 is 41.2 Å². The smallest absolute Gasteiger partial charge is 0.204 e. The lowest BCUT2D eigenvalue weighted by molar-refractivity contribution is -0.00999. The van der Waals surface area contributed by atoms with E-state index in [4.69, 9.17) is 28.4 Å². The summed E-state index contributed by atoms with van der Waals surface area (Å²) in [6, 6.07) is 0. The first-order chi connectivity index (χ1) is 18.5. The fourth-order valence-corrected chi connectivity index (χ4v) is 3.65. The van der Waals surface area contributed by atoms with Gasteiger partial charge in [-0.05, 0) is 6.42 Å². The Labute approximate surface area is 225 Å². The Morgan fingerprint density at radius 3 is 1.37 bits per heavy atom. The van der Waals surface area contributed by atoms with Crippen molar-refractivity contribution in [3.8, 4) is 5.75 Å². The van der Waals surface area contributed by atoms with Crippen molar-refractivity contribution < 1.29 is 46.0 Å². The molecule has 0 spiro atoms. The van der Waals surface area contributed by atoms with E-state index in [0.717, 1.165) is 19.3 Å². The molecule has 0 heterocycles. The van der Waals surface area contributed by atoms with Gasteiger partial charge in [0.15, 0.2) is 17.4 Å². The van der Waals surface area contributed by atoms with Crippen molar-refractivity contribution in [2.45, 2.75) is 77.7 Å². The average molecular weight is 555 g/mol. The molecule has 1 aromatic rings. The molecular weight excluding hydrogens is 508 g/mol. The van der Waals surface area contributed by atoms with E-state index in [2.05, 4.69) is 6.92 Å². The number of hydrogen-bond donors (Lipinski definition) is 0. The third-order valence-electron chi connectivity index (χ3n) is 5.85. The van der Waals surface area contributed by atoms with Crippen LogP contribution >= 0.6 is 0 Å². The summed E-state index contributed by atoms with van der Waals surface area (Å²) in [5.41, 5.74) is -0.817. The minimum Gasteiger partial charge on any atom is -0.487 e. The van der Waals surface area contributed by atoms with Crippen LogP contribution in [0.15, 0.2) is 0 Å².